The van der Waals surface area contributed by atoms with Gasteiger partial charge in [-0.3, -0.25) is 9.78 Å². The van der Waals surface area contributed by atoms with Crippen molar-refractivity contribution in [3.8, 4) is 6.07 Å². The van der Waals surface area contributed by atoms with Crippen LogP contribution in [-0.2, 0) is 0 Å². The van der Waals surface area contributed by atoms with Crippen molar-refractivity contribution in [2.75, 3.05) is 38.5 Å². The molecule has 0 saturated carbocycles. The van der Waals surface area contributed by atoms with Gasteiger partial charge >= 0.3 is 0 Å². The second-order valence-electron chi connectivity index (χ2n) is 5.84. The quantitative estimate of drug-likeness (QED) is 0.937. The SMILES string of the molecule is CN1CCN(C(=O)c2cc(Nc3cccc(C#N)c3)ccn2)CC1. The average Bonchev–Trinajstić information content (AvgIpc) is 2.62. The molecule has 1 aromatic carbocycles. The molecule has 0 bridgehead atoms. The summed E-state index contributed by atoms with van der Waals surface area (Å²) in [5.41, 5.74) is 2.60. The molecule has 1 aliphatic heterocycles. The lowest BCUT2D eigenvalue weighted by molar-refractivity contribution is 0.0658. The predicted octanol–water partition coefficient (Wildman–Crippen LogP) is 2.08. The van der Waals surface area contributed by atoms with Gasteiger partial charge in [-0.15, -0.1) is 0 Å². The highest BCUT2D eigenvalue weighted by molar-refractivity contribution is 5.93. The van der Waals surface area contributed by atoms with Crippen LogP contribution in [0.5, 0.6) is 0 Å². The maximum Gasteiger partial charge on any atom is 0.272 e. The van der Waals surface area contributed by atoms with Crippen molar-refractivity contribution >= 4 is 17.3 Å². The molecule has 1 aliphatic rings. The lowest BCUT2D eigenvalue weighted by atomic mass is 10.2. The van der Waals surface area contributed by atoms with Gasteiger partial charge in [0.15, 0.2) is 0 Å². The largest absolute Gasteiger partial charge is 0.355 e. The van der Waals surface area contributed by atoms with E-state index in [4.69, 9.17) is 5.26 Å². The monoisotopic (exact) mass is 321 g/mol. The number of hydrogen-bond acceptors (Lipinski definition) is 5. The van der Waals surface area contributed by atoms with Gasteiger partial charge in [0.25, 0.3) is 5.91 Å². The zero-order valence-electron chi connectivity index (χ0n) is 13.6. The Kier molecular flexibility index (Phi) is 4.73. The first-order valence-corrected chi connectivity index (χ1v) is 7.87. The summed E-state index contributed by atoms with van der Waals surface area (Å²) in [6.45, 7) is 3.20. The van der Waals surface area contributed by atoms with Crippen LogP contribution in [0.1, 0.15) is 16.1 Å². The highest BCUT2D eigenvalue weighted by atomic mass is 16.2. The molecule has 1 aromatic heterocycles. The predicted molar refractivity (Wildman–Crippen MR) is 92.1 cm³/mol. The van der Waals surface area contributed by atoms with Crippen molar-refractivity contribution in [1.82, 2.24) is 14.8 Å². The van der Waals surface area contributed by atoms with Crippen molar-refractivity contribution < 1.29 is 4.79 Å². The summed E-state index contributed by atoms with van der Waals surface area (Å²) in [7, 11) is 2.06. The summed E-state index contributed by atoms with van der Waals surface area (Å²) in [6.07, 6.45) is 1.62. The van der Waals surface area contributed by atoms with E-state index in [1.165, 1.54) is 0 Å². The minimum atomic E-state index is -0.0440. The molecule has 3 rings (SSSR count). The fourth-order valence-electron chi connectivity index (χ4n) is 2.63. The van der Waals surface area contributed by atoms with Crippen molar-refractivity contribution in [2.45, 2.75) is 0 Å². The van der Waals surface area contributed by atoms with Crippen LogP contribution in [0.4, 0.5) is 11.4 Å². The smallest absolute Gasteiger partial charge is 0.272 e. The molecule has 0 atom stereocenters. The van der Waals surface area contributed by atoms with Crippen molar-refractivity contribution in [3.63, 3.8) is 0 Å². The van der Waals surface area contributed by atoms with E-state index in [1.807, 2.05) is 17.0 Å². The van der Waals surface area contributed by atoms with E-state index in [0.29, 0.717) is 11.3 Å². The van der Waals surface area contributed by atoms with Gasteiger partial charge in [-0.1, -0.05) is 6.07 Å². The third kappa shape index (κ3) is 3.70. The van der Waals surface area contributed by atoms with Crippen LogP contribution in [0.3, 0.4) is 0 Å². The van der Waals surface area contributed by atoms with Crippen LogP contribution in [0.2, 0.25) is 0 Å². The molecular formula is C18H19N5O. The molecule has 1 N–H and O–H groups in total. The molecule has 0 unspecified atom stereocenters. The highest BCUT2D eigenvalue weighted by Crippen LogP contribution is 2.18. The Morgan fingerprint density at radius 1 is 1.17 bits per heavy atom. The van der Waals surface area contributed by atoms with Gasteiger partial charge in [0.1, 0.15) is 5.69 Å². The fourth-order valence-corrected chi connectivity index (χ4v) is 2.63. The Hall–Kier alpha value is -2.91. The number of likely N-dealkylation sites (N-methyl/N-ethyl adjacent to an activating group) is 1. The van der Waals surface area contributed by atoms with Crippen LogP contribution in [0.15, 0.2) is 42.6 Å². The Bertz CT molecular complexity index is 775. The second-order valence-corrected chi connectivity index (χ2v) is 5.84. The van der Waals surface area contributed by atoms with Crippen molar-refractivity contribution in [3.05, 3.63) is 53.9 Å². The van der Waals surface area contributed by atoms with E-state index in [-0.39, 0.29) is 5.91 Å². The number of aromatic nitrogens is 1. The maximum atomic E-state index is 12.6. The van der Waals surface area contributed by atoms with Gasteiger partial charge in [-0.05, 0) is 37.4 Å². The fraction of sp³-hybridized carbons (Fsp3) is 0.278. The molecule has 6 nitrogen and oxygen atoms in total. The summed E-state index contributed by atoms with van der Waals surface area (Å²) in [5, 5.41) is 12.2. The summed E-state index contributed by atoms with van der Waals surface area (Å²) >= 11 is 0. The highest BCUT2D eigenvalue weighted by Gasteiger charge is 2.21. The third-order valence-electron chi connectivity index (χ3n) is 4.05. The van der Waals surface area contributed by atoms with Gasteiger partial charge in [0.05, 0.1) is 11.6 Å². The molecule has 2 heterocycles. The van der Waals surface area contributed by atoms with E-state index >= 15 is 0 Å². The number of nitrogens with one attached hydrogen (secondary N) is 1. The summed E-state index contributed by atoms with van der Waals surface area (Å²) in [4.78, 5) is 20.8. The number of hydrogen-bond donors (Lipinski definition) is 1. The minimum Gasteiger partial charge on any atom is -0.355 e. The number of piperazine rings is 1. The Morgan fingerprint density at radius 2 is 1.92 bits per heavy atom. The van der Waals surface area contributed by atoms with Crippen LogP contribution < -0.4 is 5.32 Å². The van der Waals surface area contributed by atoms with Gasteiger partial charge in [0, 0.05) is 43.8 Å². The number of carbonyl (C=O) groups is 1. The lowest BCUT2D eigenvalue weighted by Crippen LogP contribution is -2.47. The topological polar surface area (TPSA) is 72.3 Å². The minimum absolute atomic E-state index is 0.0440. The molecule has 2 aromatic rings. The van der Waals surface area contributed by atoms with Crippen LogP contribution in [0, 0.1) is 11.3 Å². The van der Waals surface area contributed by atoms with Crippen molar-refractivity contribution in [2.24, 2.45) is 0 Å². The summed E-state index contributed by atoms with van der Waals surface area (Å²) in [6, 6.07) is 12.9. The van der Waals surface area contributed by atoms with Gasteiger partial charge in [-0.25, -0.2) is 0 Å². The Labute approximate surface area is 141 Å². The third-order valence-corrected chi connectivity index (χ3v) is 4.05. The molecule has 1 fully saturated rings. The Balaban J connectivity index is 1.74. The van der Waals surface area contributed by atoms with E-state index in [0.717, 1.165) is 37.6 Å². The standard InChI is InChI=1S/C18H19N5O/c1-22-7-9-23(10-8-22)18(24)17-12-16(5-6-20-17)21-15-4-2-3-14(11-15)13-19/h2-6,11-12H,7-10H2,1H3,(H,20,21). The van der Waals surface area contributed by atoms with Gasteiger partial charge < -0.3 is 15.1 Å². The van der Waals surface area contributed by atoms with Gasteiger partial charge in [-0.2, -0.15) is 5.26 Å². The number of anilines is 2. The summed E-state index contributed by atoms with van der Waals surface area (Å²) in [5.74, 6) is -0.0440. The number of nitrogens with zero attached hydrogens (tertiary/aromatic N) is 4. The Morgan fingerprint density at radius 3 is 2.67 bits per heavy atom. The first-order chi connectivity index (χ1) is 11.7. The first kappa shape index (κ1) is 16.0. The number of amides is 1. The molecule has 1 amide bonds. The molecule has 1 saturated heterocycles. The van der Waals surface area contributed by atoms with E-state index < -0.39 is 0 Å². The van der Waals surface area contributed by atoms with Crippen molar-refractivity contribution in [1.29, 1.82) is 5.26 Å². The van der Waals surface area contributed by atoms with E-state index in [2.05, 4.69) is 28.3 Å². The van der Waals surface area contributed by atoms with Crippen LogP contribution in [0.25, 0.3) is 0 Å². The zero-order valence-corrected chi connectivity index (χ0v) is 13.6. The number of benzene rings is 1. The van der Waals surface area contributed by atoms with Crippen LogP contribution >= 0.6 is 0 Å². The number of nitriles is 1. The summed E-state index contributed by atoms with van der Waals surface area (Å²) < 4.78 is 0. The average molecular weight is 321 g/mol. The number of carbonyl (C=O) groups excluding carboxylic acids is 1. The molecule has 0 aliphatic carbocycles. The first-order valence-electron chi connectivity index (χ1n) is 7.87. The molecule has 6 heteroatoms. The maximum absolute atomic E-state index is 12.6. The second kappa shape index (κ2) is 7.11. The zero-order chi connectivity index (χ0) is 16.9. The van der Waals surface area contributed by atoms with Gasteiger partial charge in [0.2, 0.25) is 0 Å². The molecule has 0 radical (unpaired) electrons. The lowest BCUT2D eigenvalue weighted by Gasteiger charge is -2.32. The molecule has 122 valence electrons. The van der Waals surface area contributed by atoms with E-state index in [9.17, 15) is 4.79 Å². The molecule has 24 heavy (non-hydrogen) atoms. The van der Waals surface area contributed by atoms with Crippen LogP contribution in [-0.4, -0.2) is 53.9 Å². The molecular weight excluding hydrogens is 302 g/mol. The van der Waals surface area contributed by atoms with E-state index in [1.54, 1.807) is 30.5 Å². The molecule has 0 spiro atoms. The number of rotatable bonds is 3. The number of pyridine rings is 1. The normalized spacial score (nSPS) is 14.9.